The van der Waals surface area contributed by atoms with E-state index in [9.17, 15) is 0 Å². The van der Waals surface area contributed by atoms with Crippen LogP contribution in [0.4, 0.5) is 0 Å². The molecule has 1 aliphatic rings. The Bertz CT molecular complexity index is 163. The minimum atomic E-state index is 0.529. The van der Waals surface area contributed by atoms with Crippen molar-refractivity contribution < 1.29 is 0 Å². The predicted molar refractivity (Wildman–Crippen MR) is 63.5 cm³/mol. The predicted octanol–water partition coefficient (Wildman–Crippen LogP) is 3.73. The average molecular weight is 197 g/mol. The fourth-order valence-electron chi connectivity index (χ4n) is 2.67. The van der Waals surface area contributed by atoms with Crippen LogP contribution in [-0.2, 0) is 0 Å². The van der Waals surface area contributed by atoms with Gasteiger partial charge in [-0.1, -0.05) is 40.5 Å². The van der Waals surface area contributed by atoms with E-state index in [1.165, 1.54) is 38.5 Å². The van der Waals surface area contributed by atoms with Crippen LogP contribution in [-0.4, -0.2) is 12.1 Å². The third-order valence-electron chi connectivity index (χ3n) is 3.82. The normalized spacial score (nSPS) is 27.9. The first-order valence-electron chi connectivity index (χ1n) is 6.36. The summed E-state index contributed by atoms with van der Waals surface area (Å²) in [4.78, 5) is 0. The van der Waals surface area contributed by atoms with Gasteiger partial charge in [0.15, 0.2) is 0 Å². The summed E-state index contributed by atoms with van der Waals surface area (Å²) in [6, 6.07) is 1.52. The first kappa shape index (κ1) is 12.0. The average Bonchev–Trinajstić information content (AvgIpc) is 2.45. The smallest absolute Gasteiger partial charge is 0.0121 e. The Morgan fingerprint density at radius 1 is 1.36 bits per heavy atom. The van der Waals surface area contributed by atoms with Gasteiger partial charge in [0.1, 0.15) is 0 Å². The lowest BCUT2D eigenvalue weighted by atomic mass is 9.86. The summed E-state index contributed by atoms with van der Waals surface area (Å²) in [7, 11) is 0. The summed E-state index contributed by atoms with van der Waals surface area (Å²) in [6.45, 7) is 9.41. The molecule has 0 aliphatic heterocycles. The number of rotatable bonds is 5. The first-order valence-corrected chi connectivity index (χ1v) is 6.36. The maximum absolute atomic E-state index is 3.86. The van der Waals surface area contributed by atoms with Gasteiger partial charge in [-0.2, -0.15) is 0 Å². The van der Waals surface area contributed by atoms with E-state index in [0.29, 0.717) is 5.41 Å². The van der Waals surface area contributed by atoms with Gasteiger partial charge in [0, 0.05) is 12.1 Å². The van der Waals surface area contributed by atoms with Gasteiger partial charge < -0.3 is 5.32 Å². The molecular formula is C13H27N. The van der Waals surface area contributed by atoms with Crippen molar-refractivity contribution in [3.05, 3.63) is 0 Å². The molecule has 1 heteroatoms. The topological polar surface area (TPSA) is 12.0 Å². The number of hydrogen-bond acceptors (Lipinski definition) is 1. The molecule has 1 aliphatic carbocycles. The van der Waals surface area contributed by atoms with E-state index < -0.39 is 0 Å². The van der Waals surface area contributed by atoms with Gasteiger partial charge >= 0.3 is 0 Å². The van der Waals surface area contributed by atoms with E-state index in [1.807, 2.05) is 0 Å². The molecule has 0 bridgehead atoms. The van der Waals surface area contributed by atoms with Crippen LogP contribution in [0.3, 0.4) is 0 Å². The van der Waals surface area contributed by atoms with Gasteiger partial charge in [-0.3, -0.25) is 0 Å². The van der Waals surface area contributed by atoms with Gasteiger partial charge in [-0.15, -0.1) is 0 Å². The molecule has 0 saturated heterocycles. The highest BCUT2D eigenvalue weighted by Crippen LogP contribution is 2.37. The minimum absolute atomic E-state index is 0.529. The molecule has 0 amide bonds. The maximum Gasteiger partial charge on any atom is 0.0121 e. The molecule has 0 spiro atoms. The Morgan fingerprint density at radius 3 is 2.50 bits per heavy atom. The number of nitrogens with one attached hydrogen (secondary N) is 1. The molecule has 2 atom stereocenters. The molecular weight excluding hydrogens is 170 g/mol. The zero-order valence-electron chi connectivity index (χ0n) is 10.4. The van der Waals surface area contributed by atoms with Crippen LogP contribution in [0.15, 0.2) is 0 Å². The van der Waals surface area contributed by atoms with Crippen molar-refractivity contribution in [3.8, 4) is 0 Å². The third kappa shape index (κ3) is 2.98. The van der Waals surface area contributed by atoms with Gasteiger partial charge in [-0.25, -0.2) is 0 Å². The van der Waals surface area contributed by atoms with Crippen molar-refractivity contribution in [3.63, 3.8) is 0 Å². The van der Waals surface area contributed by atoms with Crippen molar-refractivity contribution >= 4 is 0 Å². The number of hydrogen-bond donors (Lipinski definition) is 1. The molecule has 1 fully saturated rings. The van der Waals surface area contributed by atoms with E-state index in [1.54, 1.807) is 0 Å². The lowest BCUT2D eigenvalue weighted by Crippen LogP contribution is -2.43. The van der Waals surface area contributed by atoms with E-state index in [2.05, 4.69) is 33.0 Å². The van der Waals surface area contributed by atoms with Crippen molar-refractivity contribution in [1.82, 2.24) is 5.32 Å². The van der Waals surface area contributed by atoms with Crippen LogP contribution < -0.4 is 5.32 Å². The summed E-state index contributed by atoms with van der Waals surface area (Å²) >= 11 is 0. The fourth-order valence-corrected chi connectivity index (χ4v) is 2.67. The Balaban J connectivity index is 2.41. The monoisotopic (exact) mass is 197 g/mol. The Labute approximate surface area is 89.7 Å². The Hall–Kier alpha value is -0.0400. The summed E-state index contributed by atoms with van der Waals surface area (Å²) in [5, 5.41) is 3.86. The summed E-state index contributed by atoms with van der Waals surface area (Å²) < 4.78 is 0. The molecule has 0 aromatic rings. The minimum Gasteiger partial charge on any atom is -0.311 e. The van der Waals surface area contributed by atoms with Crippen LogP contribution in [0, 0.1) is 5.41 Å². The van der Waals surface area contributed by atoms with Gasteiger partial charge in [0.25, 0.3) is 0 Å². The standard InChI is InChI=1S/C13H27N/c1-5-8-11(6-2)14-12-9-7-10-13(12,3)4/h11-12,14H,5-10H2,1-4H3. The highest BCUT2D eigenvalue weighted by atomic mass is 15.0. The van der Waals surface area contributed by atoms with Crippen LogP contribution in [0.5, 0.6) is 0 Å². The Morgan fingerprint density at radius 2 is 2.07 bits per heavy atom. The van der Waals surface area contributed by atoms with E-state index in [-0.39, 0.29) is 0 Å². The molecule has 14 heavy (non-hydrogen) atoms. The molecule has 0 aromatic heterocycles. The molecule has 0 heterocycles. The van der Waals surface area contributed by atoms with Crippen LogP contribution in [0.2, 0.25) is 0 Å². The van der Waals surface area contributed by atoms with Gasteiger partial charge in [0.2, 0.25) is 0 Å². The van der Waals surface area contributed by atoms with Gasteiger partial charge in [-0.05, 0) is 31.1 Å². The molecule has 1 nitrogen and oxygen atoms in total. The molecule has 84 valence electrons. The van der Waals surface area contributed by atoms with Crippen molar-refractivity contribution in [2.24, 2.45) is 5.41 Å². The fraction of sp³-hybridized carbons (Fsp3) is 1.00. The van der Waals surface area contributed by atoms with Crippen LogP contribution in [0.25, 0.3) is 0 Å². The second-order valence-electron chi connectivity index (χ2n) is 5.49. The zero-order chi connectivity index (χ0) is 10.6. The third-order valence-corrected chi connectivity index (χ3v) is 3.82. The van der Waals surface area contributed by atoms with Crippen molar-refractivity contribution in [1.29, 1.82) is 0 Å². The summed E-state index contributed by atoms with van der Waals surface area (Å²) in [5.41, 5.74) is 0.529. The van der Waals surface area contributed by atoms with E-state index in [0.717, 1.165) is 12.1 Å². The van der Waals surface area contributed by atoms with Crippen molar-refractivity contribution in [2.75, 3.05) is 0 Å². The lowest BCUT2D eigenvalue weighted by molar-refractivity contribution is 0.253. The largest absolute Gasteiger partial charge is 0.311 e. The quantitative estimate of drug-likeness (QED) is 0.708. The molecule has 1 N–H and O–H groups in total. The first-order chi connectivity index (χ1) is 6.60. The molecule has 1 rings (SSSR count). The van der Waals surface area contributed by atoms with E-state index >= 15 is 0 Å². The molecule has 0 aromatic carbocycles. The molecule has 1 saturated carbocycles. The molecule has 2 unspecified atom stereocenters. The highest BCUT2D eigenvalue weighted by molar-refractivity contribution is 4.91. The second kappa shape index (κ2) is 5.16. The summed E-state index contributed by atoms with van der Waals surface area (Å²) in [5.74, 6) is 0. The van der Waals surface area contributed by atoms with Gasteiger partial charge in [0.05, 0.1) is 0 Å². The van der Waals surface area contributed by atoms with Crippen LogP contribution in [0.1, 0.15) is 66.2 Å². The van der Waals surface area contributed by atoms with Crippen molar-refractivity contribution in [2.45, 2.75) is 78.3 Å². The molecule has 0 radical (unpaired) electrons. The highest BCUT2D eigenvalue weighted by Gasteiger charge is 2.34. The van der Waals surface area contributed by atoms with E-state index in [4.69, 9.17) is 0 Å². The Kier molecular flexibility index (Phi) is 4.43. The maximum atomic E-state index is 3.86. The summed E-state index contributed by atoms with van der Waals surface area (Å²) in [6.07, 6.45) is 8.11. The zero-order valence-corrected chi connectivity index (χ0v) is 10.4. The van der Waals surface area contributed by atoms with Crippen LogP contribution >= 0.6 is 0 Å². The SMILES string of the molecule is CCCC(CC)NC1CCCC1(C)C. The second-order valence-corrected chi connectivity index (χ2v) is 5.49. The lowest BCUT2D eigenvalue weighted by Gasteiger charge is -2.31.